The van der Waals surface area contributed by atoms with E-state index in [-0.39, 0.29) is 0 Å². The van der Waals surface area contributed by atoms with Gasteiger partial charge in [0.1, 0.15) is 0 Å². The molecule has 1 heterocycles. The Kier molecular flexibility index (Phi) is 4.80. The Bertz CT molecular complexity index is 631. The number of rotatable bonds is 5. The number of hydrogen-bond donors (Lipinski definition) is 0. The van der Waals surface area contributed by atoms with Gasteiger partial charge in [0.25, 0.3) is 0 Å². The molecule has 1 aliphatic heterocycles. The maximum atomic E-state index is 2.58. The molecule has 1 aliphatic rings. The first-order valence-electron chi connectivity index (χ1n) is 7.96. The maximum absolute atomic E-state index is 2.58. The van der Waals surface area contributed by atoms with E-state index in [0.29, 0.717) is 26.4 Å². The van der Waals surface area contributed by atoms with E-state index < -0.39 is 0 Å². The summed E-state index contributed by atoms with van der Waals surface area (Å²) in [7, 11) is 0. The molecule has 1 unspecified atom stereocenters. The summed E-state index contributed by atoms with van der Waals surface area (Å²) in [6.07, 6.45) is 3.74. The van der Waals surface area contributed by atoms with Crippen molar-refractivity contribution in [2.24, 2.45) is 5.41 Å². The van der Waals surface area contributed by atoms with Crippen LogP contribution in [-0.4, -0.2) is 31.8 Å². The fourth-order valence-electron chi connectivity index (χ4n) is 3.16. The summed E-state index contributed by atoms with van der Waals surface area (Å²) in [5.74, 6) is 0. The van der Waals surface area contributed by atoms with Crippen molar-refractivity contribution in [2.75, 3.05) is 0 Å². The Morgan fingerprint density at radius 1 is 1.00 bits per heavy atom. The molecule has 114 valence electrons. The van der Waals surface area contributed by atoms with Crippen molar-refractivity contribution in [3.63, 3.8) is 0 Å². The van der Waals surface area contributed by atoms with Gasteiger partial charge in [-0.15, -0.1) is 0 Å². The van der Waals surface area contributed by atoms with Crippen molar-refractivity contribution in [1.29, 1.82) is 0 Å². The van der Waals surface area contributed by atoms with Crippen LogP contribution < -0.4 is 4.46 Å². The molecule has 2 aromatic rings. The van der Waals surface area contributed by atoms with Gasteiger partial charge in [-0.2, -0.15) is 0 Å². The summed E-state index contributed by atoms with van der Waals surface area (Å²) in [5, 5.41) is 1.30. The van der Waals surface area contributed by atoms with Crippen LogP contribution in [0, 0.1) is 5.41 Å². The van der Waals surface area contributed by atoms with Crippen LogP contribution in [0.1, 0.15) is 25.8 Å². The van der Waals surface area contributed by atoms with E-state index in [9.17, 15) is 0 Å². The SMILES string of the molecule is CC1(C)C=[N+](Cc2ccccc2)C(C[Se]c2ccccc2)C1. The predicted molar refractivity (Wildman–Crippen MR) is 95.3 cm³/mol. The van der Waals surface area contributed by atoms with Crippen molar-refractivity contribution in [3.8, 4) is 0 Å². The summed E-state index contributed by atoms with van der Waals surface area (Å²) < 4.78 is 4.10. The van der Waals surface area contributed by atoms with Gasteiger partial charge < -0.3 is 0 Å². The van der Waals surface area contributed by atoms with E-state index in [1.165, 1.54) is 21.8 Å². The molecule has 0 amide bonds. The molecule has 2 heteroatoms. The summed E-state index contributed by atoms with van der Waals surface area (Å²) in [6, 6.07) is 22.5. The Balaban J connectivity index is 1.68. The standard InChI is InChI=1S/C20H24NSe/c1-20(2)13-18(15-22-19-11-7-4-8-12-19)21(16-20)14-17-9-5-3-6-10-17/h3-12,16,18H,13-15H2,1-2H3/q+1. The van der Waals surface area contributed by atoms with Gasteiger partial charge in [-0.1, -0.05) is 0 Å². The third-order valence-electron chi connectivity index (χ3n) is 4.14. The van der Waals surface area contributed by atoms with Crippen LogP contribution in [0.3, 0.4) is 0 Å². The van der Waals surface area contributed by atoms with Crippen molar-refractivity contribution < 1.29 is 4.58 Å². The van der Waals surface area contributed by atoms with E-state index >= 15 is 0 Å². The van der Waals surface area contributed by atoms with Crippen LogP contribution in [0.4, 0.5) is 0 Å². The normalized spacial score (nSPS) is 19.9. The van der Waals surface area contributed by atoms with Gasteiger partial charge in [0, 0.05) is 0 Å². The second kappa shape index (κ2) is 6.81. The quantitative estimate of drug-likeness (QED) is 0.569. The van der Waals surface area contributed by atoms with Gasteiger partial charge >= 0.3 is 140 Å². The Labute approximate surface area is 140 Å². The molecule has 0 bridgehead atoms. The van der Waals surface area contributed by atoms with Gasteiger partial charge in [0.15, 0.2) is 0 Å². The summed E-state index contributed by atoms with van der Waals surface area (Å²) in [4.78, 5) is 0. The van der Waals surface area contributed by atoms with Crippen LogP contribution in [0.15, 0.2) is 60.7 Å². The third-order valence-corrected chi connectivity index (χ3v) is 6.57. The molecule has 0 radical (unpaired) electrons. The van der Waals surface area contributed by atoms with Crippen LogP contribution in [0.2, 0.25) is 5.32 Å². The van der Waals surface area contributed by atoms with Gasteiger partial charge in [-0.3, -0.25) is 0 Å². The number of hydrogen-bond acceptors (Lipinski definition) is 0. The topological polar surface area (TPSA) is 3.01 Å². The summed E-state index contributed by atoms with van der Waals surface area (Å²) in [6.45, 7) is 5.76. The average molecular weight is 357 g/mol. The first-order valence-corrected chi connectivity index (χ1v) is 10.0. The molecule has 0 fully saturated rings. The molecular formula is C20H24NSe+. The Morgan fingerprint density at radius 3 is 2.32 bits per heavy atom. The molecule has 2 aromatic carbocycles. The Hall–Kier alpha value is -1.37. The van der Waals surface area contributed by atoms with Crippen LogP contribution in [0.25, 0.3) is 0 Å². The van der Waals surface area contributed by atoms with Gasteiger partial charge in [0.2, 0.25) is 0 Å². The van der Waals surface area contributed by atoms with Gasteiger partial charge in [-0.25, -0.2) is 0 Å². The molecule has 0 saturated heterocycles. The van der Waals surface area contributed by atoms with Crippen molar-refractivity contribution >= 4 is 25.6 Å². The van der Waals surface area contributed by atoms with E-state index in [0.717, 1.165) is 6.54 Å². The molecule has 0 N–H and O–H groups in total. The second-order valence-corrected chi connectivity index (χ2v) is 9.05. The monoisotopic (exact) mass is 358 g/mol. The van der Waals surface area contributed by atoms with E-state index in [2.05, 4.69) is 85.3 Å². The van der Waals surface area contributed by atoms with E-state index in [1.807, 2.05) is 0 Å². The molecule has 0 aromatic heterocycles. The van der Waals surface area contributed by atoms with Crippen LogP contribution >= 0.6 is 0 Å². The molecule has 22 heavy (non-hydrogen) atoms. The third kappa shape index (κ3) is 4.09. The van der Waals surface area contributed by atoms with E-state index in [4.69, 9.17) is 0 Å². The summed E-state index contributed by atoms with van der Waals surface area (Å²) in [5.41, 5.74) is 1.74. The van der Waals surface area contributed by atoms with Gasteiger partial charge in [0.05, 0.1) is 0 Å². The minimum absolute atomic E-state index is 0.326. The molecule has 1 atom stereocenters. The number of benzene rings is 2. The fourth-order valence-corrected chi connectivity index (χ4v) is 5.35. The zero-order valence-corrected chi connectivity index (χ0v) is 15.1. The molecule has 1 nitrogen and oxygen atoms in total. The molecular weight excluding hydrogens is 333 g/mol. The van der Waals surface area contributed by atoms with Crippen LogP contribution in [-0.2, 0) is 6.54 Å². The Morgan fingerprint density at radius 2 is 1.64 bits per heavy atom. The first-order chi connectivity index (χ1) is 10.6. The molecule has 0 aliphatic carbocycles. The summed E-state index contributed by atoms with van der Waals surface area (Å²) >= 11 is 0.565. The number of nitrogens with zero attached hydrogens (tertiary/aromatic N) is 1. The molecule has 0 saturated carbocycles. The van der Waals surface area contributed by atoms with E-state index in [1.54, 1.807) is 0 Å². The second-order valence-electron chi connectivity index (χ2n) is 6.76. The predicted octanol–water partition coefficient (Wildman–Crippen LogP) is 3.52. The molecule has 0 spiro atoms. The van der Waals surface area contributed by atoms with Gasteiger partial charge in [-0.05, 0) is 0 Å². The van der Waals surface area contributed by atoms with Crippen molar-refractivity contribution in [1.82, 2.24) is 0 Å². The van der Waals surface area contributed by atoms with Crippen molar-refractivity contribution in [3.05, 3.63) is 66.2 Å². The average Bonchev–Trinajstić information content (AvgIpc) is 2.81. The molecule has 3 rings (SSSR count). The van der Waals surface area contributed by atoms with Crippen molar-refractivity contribution in [2.45, 2.75) is 38.2 Å². The zero-order chi connectivity index (χ0) is 15.4. The fraction of sp³-hybridized carbons (Fsp3) is 0.350. The van der Waals surface area contributed by atoms with Crippen LogP contribution in [0.5, 0.6) is 0 Å². The minimum atomic E-state index is 0.326. The zero-order valence-electron chi connectivity index (χ0n) is 13.4. The first kappa shape index (κ1) is 15.5.